The number of thiocarbonyl (C=S) groups is 1. The monoisotopic (exact) mass is 440 g/mol. The van der Waals surface area contributed by atoms with E-state index in [1.807, 2.05) is 18.2 Å². The Labute approximate surface area is 186 Å². The molecule has 3 rings (SSSR count). The number of nitrogens with one attached hydrogen (secondary N) is 1. The Bertz CT molecular complexity index is 991. The van der Waals surface area contributed by atoms with Gasteiger partial charge in [0.2, 0.25) is 5.91 Å². The van der Waals surface area contributed by atoms with Crippen LogP contribution in [0.3, 0.4) is 0 Å². The number of amides is 2. The smallest absolute Gasteiger partial charge is 0.266 e. The Balaban J connectivity index is 1.60. The van der Waals surface area contributed by atoms with Gasteiger partial charge in [0.1, 0.15) is 10.1 Å². The lowest BCUT2D eigenvalue weighted by atomic mass is 9.87. The van der Waals surface area contributed by atoms with Crippen LogP contribution in [0.1, 0.15) is 38.3 Å². The van der Waals surface area contributed by atoms with Gasteiger partial charge in [-0.2, -0.15) is 0 Å². The second-order valence-corrected chi connectivity index (χ2v) is 9.73. The van der Waals surface area contributed by atoms with Crippen LogP contribution >= 0.6 is 24.0 Å². The zero-order valence-corrected chi connectivity index (χ0v) is 18.8. The number of nitrogens with zero attached hydrogens (tertiary/aromatic N) is 1. The molecule has 2 amide bonds. The van der Waals surface area contributed by atoms with Gasteiger partial charge in [0, 0.05) is 18.7 Å². The number of anilines is 1. The summed E-state index contributed by atoms with van der Waals surface area (Å²) >= 11 is 6.60. The summed E-state index contributed by atoms with van der Waals surface area (Å²) in [4.78, 5) is 26.9. The number of carbonyl (C=O) groups excluding carboxylic acids is 2. The van der Waals surface area contributed by atoms with Gasteiger partial charge >= 0.3 is 0 Å². The number of thioether (sulfide) groups is 1. The molecule has 0 unspecified atom stereocenters. The van der Waals surface area contributed by atoms with Crippen molar-refractivity contribution in [2.75, 3.05) is 11.9 Å². The highest BCUT2D eigenvalue weighted by Gasteiger charge is 2.32. The second-order valence-electron chi connectivity index (χ2n) is 8.05. The molecule has 1 aliphatic heterocycles. The molecule has 1 fully saturated rings. The van der Waals surface area contributed by atoms with Crippen molar-refractivity contribution in [1.82, 2.24) is 4.90 Å². The maximum absolute atomic E-state index is 12.7. The summed E-state index contributed by atoms with van der Waals surface area (Å²) in [5, 5.41) is 12.0. The average Bonchev–Trinajstić information content (AvgIpc) is 2.94. The predicted molar refractivity (Wildman–Crippen MR) is 126 cm³/mol. The molecule has 1 saturated heterocycles. The third-order valence-electron chi connectivity index (χ3n) is 4.66. The van der Waals surface area contributed by atoms with Crippen LogP contribution in [0.4, 0.5) is 5.69 Å². The number of hydrogen-bond acceptors (Lipinski definition) is 5. The highest BCUT2D eigenvalue weighted by molar-refractivity contribution is 8.26. The first-order valence-corrected chi connectivity index (χ1v) is 10.8. The fraction of sp³-hybridized carbons (Fsp3) is 0.261. The second kappa shape index (κ2) is 9.02. The molecule has 0 atom stereocenters. The van der Waals surface area contributed by atoms with Gasteiger partial charge in [-0.25, -0.2) is 0 Å². The van der Waals surface area contributed by atoms with Crippen LogP contribution < -0.4 is 5.32 Å². The van der Waals surface area contributed by atoms with Gasteiger partial charge in [-0.05, 0) is 46.9 Å². The van der Waals surface area contributed by atoms with Crippen molar-refractivity contribution in [2.45, 2.75) is 32.6 Å². The maximum Gasteiger partial charge on any atom is 0.266 e. The number of phenols is 1. The molecule has 5 nitrogen and oxygen atoms in total. The van der Waals surface area contributed by atoms with Crippen LogP contribution in [-0.4, -0.2) is 32.7 Å². The number of hydrogen-bond donors (Lipinski definition) is 2. The Kier molecular flexibility index (Phi) is 6.63. The first-order chi connectivity index (χ1) is 14.1. The van der Waals surface area contributed by atoms with Crippen molar-refractivity contribution in [3.8, 4) is 5.75 Å². The van der Waals surface area contributed by atoms with Gasteiger partial charge in [0.25, 0.3) is 5.91 Å². The average molecular weight is 441 g/mol. The zero-order chi connectivity index (χ0) is 21.9. The fourth-order valence-corrected chi connectivity index (χ4v) is 4.21. The van der Waals surface area contributed by atoms with Crippen molar-refractivity contribution in [3.63, 3.8) is 0 Å². The number of rotatable bonds is 5. The van der Waals surface area contributed by atoms with Crippen LogP contribution in [-0.2, 0) is 15.0 Å². The van der Waals surface area contributed by atoms with Gasteiger partial charge < -0.3 is 10.4 Å². The molecule has 156 valence electrons. The number of phenolic OH excluding ortho intramolecular Hbond substituents is 1. The summed E-state index contributed by atoms with van der Waals surface area (Å²) in [6, 6.07) is 14.4. The molecule has 1 heterocycles. The van der Waals surface area contributed by atoms with Crippen LogP contribution in [0.25, 0.3) is 6.08 Å². The molecule has 0 saturated carbocycles. The van der Waals surface area contributed by atoms with E-state index in [0.29, 0.717) is 14.9 Å². The summed E-state index contributed by atoms with van der Waals surface area (Å²) in [7, 11) is 0. The Hall–Kier alpha value is -2.64. The summed E-state index contributed by atoms with van der Waals surface area (Å²) < 4.78 is 0.454. The Morgan fingerprint density at radius 3 is 2.37 bits per heavy atom. The molecule has 2 aromatic carbocycles. The Morgan fingerprint density at radius 2 is 1.77 bits per heavy atom. The van der Waals surface area contributed by atoms with Crippen LogP contribution in [0.15, 0.2) is 53.4 Å². The molecular formula is C23H24N2O3S2. The molecule has 1 aliphatic rings. The topological polar surface area (TPSA) is 69.6 Å². The molecule has 0 radical (unpaired) electrons. The van der Waals surface area contributed by atoms with Crippen LogP contribution in [0, 0.1) is 0 Å². The normalized spacial score (nSPS) is 15.7. The van der Waals surface area contributed by atoms with Crippen LogP contribution in [0.5, 0.6) is 5.75 Å². The molecule has 30 heavy (non-hydrogen) atoms. The fourth-order valence-electron chi connectivity index (χ4n) is 2.91. The molecule has 0 aromatic heterocycles. The first-order valence-electron chi connectivity index (χ1n) is 9.58. The van der Waals surface area contributed by atoms with Gasteiger partial charge in [-0.3, -0.25) is 14.5 Å². The summed E-state index contributed by atoms with van der Waals surface area (Å²) in [6.07, 6.45) is 1.96. The summed E-state index contributed by atoms with van der Waals surface area (Å²) in [5.74, 6) is -0.274. The van der Waals surface area contributed by atoms with E-state index >= 15 is 0 Å². The van der Waals surface area contributed by atoms with Crippen molar-refractivity contribution in [1.29, 1.82) is 0 Å². The van der Waals surface area contributed by atoms with E-state index in [-0.39, 0.29) is 35.9 Å². The van der Waals surface area contributed by atoms with Crippen LogP contribution in [0.2, 0.25) is 0 Å². The minimum Gasteiger partial charge on any atom is -0.508 e. The van der Waals surface area contributed by atoms with E-state index in [2.05, 4.69) is 38.2 Å². The quantitative estimate of drug-likeness (QED) is 0.392. The lowest BCUT2D eigenvalue weighted by Crippen LogP contribution is -2.31. The molecule has 0 aliphatic carbocycles. The van der Waals surface area contributed by atoms with Crippen molar-refractivity contribution >= 4 is 51.9 Å². The zero-order valence-electron chi connectivity index (χ0n) is 17.1. The van der Waals surface area contributed by atoms with E-state index in [1.54, 1.807) is 12.1 Å². The minimum absolute atomic E-state index is 0.0721. The van der Waals surface area contributed by atoms with E-state index in [1.165, 1.54) is 34.4 Å². The predicted octanol–water partition coefficient (Wildman–Crippen LogP) is 4.92. The number of benzene rings is 2. The third-order valence-corrected chi connectivity index (χ3v) is 6.04. The number of carbonyl (C=O) groups is 2. The van der Waals surface area contributed by atoms with Crippen molar-refractivity contribution in [2.24, 2.45) is 0 Å². The highest BCUT2D eigenvalue weighted by atomic mass is 32.2. The van der Waals surface area contributed by atoms with E-state index in [0.717, 1.165) is 5.56 Å². The minimum atomic E-state index is -0.225. The van der Waals surface area contributed by atoms with Gasteiger partial charge in [-0.1, -0.05) is 69.0 Å². The van der Waals surface area contributed by atoms with E-state index in [9.17, 15) is 14.7 Å². The van der Waals surface area contributed by atoms with Crippen molar-refractivity contribution in [3.05, 3.63) is 64.6 Å². The van der Waals surface area contributed by atoms with Crippen molar-refractivity contribution < 1.29 is 14.7 Å². The molecule has 2 N–H and O–H groups in total. The van der Waals surface area contributed by atoms with Gasteiger partial charge in [-0.15, -0.1) is 0 Å². The first kappa shape index (κ1) is 22.1. The summed E-state index contributed by atoms with van der Waals surface area (Å²) in [6.45, 7) is 6.69. The summed E-state index contributed by atoms with van der Waals surface area (Å²) in [5.41, 5.74) is 2.82. The molecular weight excluding hydrogens is 416 g/mol. The SMILES string of the molecule is CC(C)(C)c1ccc(/C=C2\SC(=S)N(CCC(=O)Nc3ccc(O)cc3)C2=O)cc1. The Morgan fingerprint density at radius 1 is 1.13 bits per heavy atom. The highest BCUT2D eigenvalue weighted by Crippen LogP contribution is 2.33. The van der Waals surface area contributed by atoms with Gasteiger partial charge in [0.15, 0.2) is 0 Å². The number of aromatic hydroxyl groups is 1. The van der Waals surface area contributed by atoms with E-state index in [4.69, 9.17) is 12.2 Å². The maximum atomic E-state index is 12.7. The lowest BCUT2D eigenvalue weighted by Gasteiger charge is -2.18. The molecule has 2 aromatic rings. The van der Waals surface area contributed by atoms with E-state index < -0.39 is 0 Å². The third kappa shape index (κ3) is 5.49. The van der Waals surface area contributed by atoms with Gasteiger partial charge in [0.05, 0.1) is 4.91 Å². The molecule has 0 spiro atoms. The molecule has 0 bridgehead atoms. The molecule has 7 heteroatoms. The largest absolute Gasteiger partial charge is 0.508 e. The lowest BCUT2D eigenvalue weighted by molar-refractivity contribution is -0.122. The standard InChI is InChI=1S/C23H24N2O3S2/c1-23(2,3)16-6-4-15(5-7-16)14-19-21(28)25(22(29)30-19)13-12-20(27)24-17-8-10-18(26)11-9-17/h4-11,14,26H,12-13H2,1-3H3,(H,24,27)/b19-14-.